The van der Waals surface area contributed by atoms with Gasteiger partial charge >= 0.3 is 0 Å². The Morgan fingerprint density at radius 2 is 1.83 bits per heavy atom. The number of halogens is 1. The molecule has 166 valence electrons. The molecule has 0 radical (unpaired) electrons. The summed E-state index contributed by atoms with van der Waals surface area (Å²) in [5.74, 6) is 2.31. The molecule has 29 heavy (non-hydrogen) atoms. The maximum atomic E-state index is 5.77. The van der Waals surface area contributed by atoms with E-state index in [9.17, 15) is 0 Å². The lowest BCUT2D eigenvalue weighted by Gasteiger charge is -2.22. The maximum absolute atomic E-state index is 5.77. The summed E-state index contributed by atoms with van der Waals surface area (Å²) in [7, 11) is 4.03. The summed E-state index contributed by atoms with van der Waals surface area (Å²) >= 11 is 0. The largest absolute Gasteiger partial charge is 0.493 e. The summed E-state index contributed by atoms with van der Waals surface area (Å²) in [5.41, 5.74) is 1.22. The third kappa shape index (κ3) is 10.00. The normalized spacial score (nSPS) is 17.4. The topological polar surface area (TPSA) is 52.1 Å². The van der Waals surface area contributed by atoms with Crippen molar-refractivity contribution < 1.29 is 4.74 Å². The Balaban J connectivity index is 0.00000420. The second-order valence-corrected chi connectivity index (χ2v) is 8.14. The smallest absolute Gasteiger partial charge is 0.191 e. The second-order valence-electron chi connectivity index (χ2n) is 8.14. The average Bonchev–Trinajstić information content (AvgIpc) is 2.90. The number of aliphatic imine (C=N–C) groups is 1. The van der Waals surface area contributed by atoms with E-state index in [0.717, 1.165) is 44.5 Å². The molecule has 1 aliphatic rings. The Morgan fingerprint density at radius 1 is 1.10 bits per heavy atom. The Kier molecular flexibility index (Phi) is 12.6. The van der Waals surface area contributed by atoms with Crippen LogP contribution in [-0.4, -0.2) is 75.7 Å². The molecule has 0 amide bonds. The molecular weight excluding hydrogens is 477 g/mol. The molecule has 1 saturated heterocycles. The molecule has 2 N–H and O–H groups in total. The number of benzene rings is 1. The predicted molar refractivity (Wildman–Crippen MR) is 134 cm³/mol. The quantitative estimate of drug-likeness (QED) is 0.315. The standard InChI is InChI=1S/C22H39N5O.HI/c1-18(2)17-28-21-9-7-20(8-10-21)19(3)25-22(23-4)24-11-14-27-13-6-12-26(5)15-16-27;/h7-10,18-19H,6,11-17H2,1-5H3,(H2,23,24,25);1H. The Labute approximate surface area is 194 Å². The first-order valence-electron chi connectivity index (χ1n) is 10.6. The Hall–Kier alpha value is -1.06. The molecule has 1 unspecified atom stereocenters. The zero-order valence-corrected chi connectivity index (χ0v) is 21.1. The molecule has 6 nitrogen and oxygen atoms in total. The molecular formula is C22H40IN5O. The van der Waals surface area contributed by atoms with Crippen molar-refractivity contribution in [2.24, 2.45) is 10.9 Å². The molecule has 2 rings (SSSR count). The number of likely N-dealkylation sites (N-methyl/N-ethyl adjacent to an activating group) is 1. The molecule has 1 aliphatic heterocycles. The van der Waals surface area contributed by atoms with Crippen molar-refractivity contribution in [3.63, 3.8) is 0 Å². The summed E-state index contributed by atoms with van der Waals surface area (Å²) in [6.45, 7) is 13.8. The second kappa shape index (κ2) is 14.0. The van der Waals surface area contributed by atoms with Crippen LogP contribution in [-0.2, 0) is 0 Å². The van der Waals surface area contributed by atoms with Gasteiger partial charge in [0.2, 0.25) is 0 Å². The highest BCUT2D eigenvalue weighted by Gasteiger charge is 2.12. The molecule has 1 heterocycles. The van der Waals surface area contributed by atoms with Crippen LogP contribution in [0, 0.1) is 5.92 Å². The van der Waals surface area contributed by atoms with Gasteiger partial charge in [0.05, 0.1) is 12.6 Å². The van der Waals surface area contributed by atoms with Gasteiger partial charge in [-0.15, -0.1) is 24.0 Å². The molecule has 1 atom stereocenters. The summed E-state index contributed by atoms with van der Waals surface area (Å²) in [6.07, 6.45) is 1.25. The van der Waals surface area contributed by atoms with Crippen LogP contribution in [0.25, 0.3) is 0 Å². The van der Waals surface area contributed by atoms with E-state index in [-0.39, 0.29) is 30.0 Å². The predicted octanol–water partition coefficient (Wildman–Crippen LogP) is 3.20. The van der Waals surface area contributed by atoms with E-state index >= 15 is 0 Å². The lowest BCUT2D eigenvalue weighted by molar-refractivity contribution is 0.271. The van der Waals surface area contributed by atoms with E-state index in [1.807, 2.05) is 19.2 Å². The minimum Gasteiger partial charge on any atom is -0.493 e. The van der Waals surface area contributed by atoms with Crippen molar-refractivity contribution in [3.8, 4) is 5.75 Å². The van der Waals surface area contributed by atoms with Crippen LogP contribution < -0.4 is 15.4 Å². The molecule has 0 aromatic heterocycles. The lowest BCUT2D eigenvalue weighted by Crippen LogP contribution is -2.43. The molecule has 7 heteroatoms. The van der Waals surface area contributed by atoms with Crippen molar-refractivity contribution in [1.29, 1.82) is 0 Å². The molecule has 0 spiro atoms. The van der Waals surface area contributed by atoms with Crippen molar-refractivity contribution in [2.75, 3.05) is 60.0 Å². The van der Waals surface area contributed by atoms with Gasteiger partial charge in [0.1, 0.15) is 5.75 Å². The summed E-state index contributed by atoms with van der Waals surface area (Å²) in [5, 5.41) is 6.93. The van der Waals surface area contributed by atoms with Gasteiger partial charge in [-0.3, -0.25) is 4.99 Å². The zero-order chi connectivity index (χ0) is 20.4. The summed E-state index contributed by atoms with van der Waals surface area (Å²) in [6, 6.07) is 8.50. The number of guanidine groups is 1. The minimum atomic E-state index is 0. The molecule has 1 aromatic rings. The fraction of sp³-hybridized carbons (Fsp3) is 0.682. The molecule has 1 fully saturated rings. The number of nitrogens with zero attached hydrogens (tertiary/aromatic N) is 3. The maximum Gasteiger partial charge on any atom is 0.191 e. The van der Waals surface area contributed by atoms with Crippen LogP contribution in [0.1, 0.15) is 38.8 Å². The molecule has 1 aromatic carbocycles. The number of rotatable bonds is 8. The van der Waals surface area contributed by atoms with Crippen molar-refractivity contribution in [3.05, 3.63) is 29.8 Å². The van der Waals surface area contributed by atoms with Crippen LogP contribution in [0.2, 0.25) is 0 Å². The van der Waals surface area contributed by atoms with Crippen molar-refractivity contribution >= 4 is 29.9 Å². The average molecular weight is 518 g/mol. The first-order chi connectivity index (χ1) is 13.5. The van der Waals surface area contributed by atoms with E-state index in [0.29, 0.717) is 5.92 Å². The van der Waals surface area contributed by atoms with Gasteiger partial charge in [-0.1, -0.05) is 26.0 Å². The van der Waals surface area contributed by atoms with Gasteiger partial charge in [-0.2, -0.15) is 0 Å². The van der Waals surface area contributed by atoms with Crippen LogP contribution in [0.3, 0.4) is 0 Å². The Bertz CT molecular complexity index is 593. The zero-order valence-electron chi connectivity index (χ0n) is 18.8. The van der Waals surface area contributed by atoms with Gasteiger partial charge in [-0.25, -0.2) is 0 Å². The number of nitrogens with one attached hydrogen (secondary N) is 2. The van der Waals surface area contributed by atoms with Crippen LogP contribution in [0.15, 0.2) is 29.3 Å². The van der Waals surface area contributed by atoms with Crippen LogP contribution in [0.4, 0.5) is 0 Å². The first kappa shape index (κ1) is 26.0. The fourth-order valence-electron chi connectivity index (χ4n) is 3.25. The van der Waals surface area contributed by atoms with Crippen LogP contribution >= 0.6 is 24.0 Å². The minimum absolute atomic E-state index is 0. The van der Waals surface area contributed by atoms with E-state index in [1.165, 1.54) is 25.1 Å². The highest BCUT2D eigenvalue weighted by Crippen LogP contribution is 2.18. The molecule has 0 bridgehead atoms. The highest BCUT2D eigenvalue weighted by molar-refractivity contribution is 14.0. The number of hydrogen-bond acceptors (Lipinski definition) is 4. The van der Waals surface area contributed by atoms with E-state index < -0.39 is 0 Å². The van der Waals surface area contributed by atoms with E-state index in [1.54, 1.807) is 0 Å². The van der Waals surface area contributed by atoms with Gasteiger partial charge in [0, 0.05) is 33.2 Å². The first-order valence-corrected chi connectivity index (χ1v) is 10.6. The SMILES string of the molecule is CN=C(NCCN1CCCN(C)CC1)NC(C)c1ccc(OCC(C)C)cc1.I. The van der Waals surface area contributed by atoms with E-state index in [2.05, 4.69) is 65.4 Å². The van der Waals surface area contributed by atoms with Gasteiger partial charge in [0.15, 0.2) is 5.96 Å². The number of ether oxygens (including phenoxy) is 1. The third-order valence-electron chi connectivity index (χ3n) is 5.07. The molecule has 0 saturated carbocycles. The van der Waals surface area contributed by atoms with Crippen molar-refractivity contribution in [2.45, 2.75) is 33.2 Å². The molecule has 0 aliphatic carbocycles. The summed E-state index contributed by atoms with van der Waals surface area (Å²) in [4.78, 5) is 9.32. The van der Waals surface area contributed by atoms with Gasteiger partial charge in [0.25, 0.3) is 0 Å². The third-order valence-corrected chi connectivity index (χ3v) is 5.07. The number of hydrogen-bond donors (Lipinski definition) is 2. The van der Waals surface area contributed by atoms with Gasteiger partial charge < -0.3 is 25.2 Å². The monoisotopic (exact) mass is 517 g/mol. The van der Waals surface area contributed by atoms with Crippen LogP contribution in [0.5, 0.6) is 5.75 Å². The fourth-order valence-corrected chi connectivity index (χ4v) is 3.25. The lowest BCUT2D eigenvalue weighted by atomic mass is 10.1. The highest BCUT2D eigenvalue weighted by atomic mass is 127. The van der Waals surface area contributed by atoms with Crippen molar-refractivity contribution in [1.82, 2.24) is 20.4 Å². The summed E-state index contributed by atoms with van der Waals surface area (Å²) < 4.78 is 5.77. The Morgan fingerprint density at radius 3 is 2.48 bits per heavy atom. The van der Waals surface area contributed by atoms with E-state index in [4.69, 9.17) is 4.74 Å². The van der Waals surface area contributed by atoms with Gasteiger partial charge in [-0.05, 0) is 57.1 Å².